The van der Waals surface area contributed by atoms with Gasteiger partial charge in [0.25, 0.3) is 0 Å². The number of ether oxygens (including phenoxy) is 2. The smallest absolute Gasteiger partial charge is 0.166 e. The summed E-state index contributed by atoms with van der Waals surface area (Å²) in [4.78, 5) is 5.53. The van der Waals surface area contributed by atoms with Gasteiger partial charge in [0.1, 0.15) is 17.2 Å². The predicted octanol–water partition coefficient (Wildman–Crippen LogP) is 7.23. The van der Waals surface area contributed by atoms with Gasteiger partial charge in [-0.2, -0.15) is 0 Å². The lowest BCUT2D eigenvalue weighted by molar-refractivity contribution is 0.313. The van der Waals surface area contributed by atoms with Gasteiger partial charge >= 0.3 is 0 Å². The summed E-state index contributed by atoms with van der Waals surface area (Å²) in [6.45, 7) is 6.39. The molecule has 5 heteroatoms. The highest BCUT2D eigenvalue weighted by atomic mass is 32.2. The number of aryl methyl sites for hydroxylation is 1. The summed E-state index contributed by atoms with van der Waals surface area (Å²) in [6, 6.07) is 20.5. The maximum Gasteiger partial charge on any atom is 0.166 e. The van der Waals surface area contributed by atoms with Crippen LogP contribution in [0.4, 0.5) is 5.69 Å². The standard InChI is InChI=1S/C24H19NO2S2/c1-3-7-23-25(17-13-12-16(2)14-22(17)28-23)15-26-19-9-6-10-20-24(19)29-21-11-5-4-8-18(21)27-20/h3-14H,1,15H2,2H3. The number of hydrogen-bond acceptors (Lipinski definition) is 5. The molecule has 0 spiro atoms. The van der Waals surface area contributed by atoms with E-state index in [-0.39, 0.29) is 0 Å². The summed E-state index contributed by atoms with van der Waals surface area (Å²) in [6.07, 6.45) is 3.84. The minimum absolute atomic E-state index is 0.418. The number of anilines is 1. The van der Waals surface area contributed by atoms with E-state index in [1.807, 2.05) is 48.6 Å². The van der Waals surface area contributed by atoms with E-state index in [1.165, 1.54) is 10.5 Å². The molecule has 0 amide bonds. The molecule has 0 radical (unpaired) electrons. The molecule has 0 unspecified atom stereocenters. The Balaban J connectivity index is 1.43. The molecule has 5 rings (SSSR count). The minimum atomic E-state index is 0.418. The molecule has 0 saturated heterocycles. The minimum Gasteiger partial charge on any atom is -0.471 e. The van der Waals surface area contributed by atoms with Crippen molar-refractivity contribution in [3.63, 3.8) is 0 Å². The number of benzene rings is 3. The van der Waals surface area contributed by atoms with Crippen molar-refractivity contribution in [1.82, 2.24) is 0 Å². The van der Waals surface area contributed by atoms with Crippen LogP contribution < -0.4 is 14.4 Å². The molecular weight excluding hydrogens is 398 g/mol. The van der Waals surface area contributed by atoms with Gasteiger partial charge in [-0.15, -0.1) is 0 Å². The summed E-state index contributed by atoms with van der Waals surface area (Å²) in [7, 11) is 0. The van der Waals surface area contributed by atoms with Crippen LogP contribution in [-0.4, -0.2) is 6.73 Å². The first-order valence-corrected chi connectivity index (χ1v) is 11.0. The molecular formula is C24H19NO2S2. The largest absolute Gasteiger partial charge is 0.471 e. The zero-order chi connectivity index (χ0) is 19.8. The van der Waals surface area contributed by atoms with Gasteiger partial charge in [-0.1, -0.05) is 60.4 Å². The van der Waals surface area contributed by atoms with Crippen LogP contribution >= 0.6 is 23.5 Å². The molecule has 29 heavy (non-hydrogen) atoms. The Kier molecular flexibility index (Phi) is 4.78. The van der Waals surface area contributed by atoms with Crippen LogP contribution in [0.25, 0.3) is 0 Å². The van der Waals surface area contributed by atoms with Gasteiger partial charge in [0.2, 0.25) is 0 Å². The normalized spacial score (nSPS) is 15.3. The van der Waals surface area contributed by atoms with Crippen molar-refractivity contribution in [2.24, 2.45) is 0 Å². The van der Waals surface area contributed by atoms with Crippen LogP contribution in [0.2, 0.25) is 0 Å². The first-order valence-electron chi connectivity index (χ1n) is 9.32. The van der Waals surface area contributed by atoms with Gasteiger partial charge < -0.3 is 14.4 Å². The molecule has 0 bridgehead atoms. The van der Waals surface area contributed by atoms with Crippen LogP contribution in [0.15, 0.2) is 99.1 Å². The van der Waals surface area contributed by atoms with E-state index < -0.39 is 0 Å². The average Bonchev–Trinajstić information content (AvgIpc) is 3.07. The monoisotopic (exact) mass is 417 g/mol. The van der Waals surface area contributed by atoms with Gasteiger partial charge in [-0.05, 0) is 55.0 Å². The highest BCUT2D eigenvalue weighted by molar-refractivity contribution is 8.03. The molecule has 3 nitrogen and oxygen atoms in total. The number of allylic oxidation sites excluding steroid dienone is 2. The lowest BCUT2D eigenvalue weighted by Crippen LogP contribution is -2.23. The number of hydrogen-bond donors (Lipinski definition) is 0. The summed E-state index contributed by atoms with van der Waals surface area (Å²) in [5.41, 5.74) is 2.41. The van der Waals surface area contributed by atoms with Crippen LogP contribution in [0.1, 0.15) is 5.56 Å². The summed E-state index contributed by atoms with van der Waals surface area (Å²) in [5.74, 6) is 2.55. The molecule has 144 valence electrons. The first kappa shape index (κ1) is 18.3. The Morgan fingerprint density at radius 3 is 2.76 bits per heavy atom. The van der Waals surface area contributed by atoms with E-state index >= 15 is 0 Å². The van der Waals surface area contributed by atoms with Crippen LogP contribution in [-0.2, 0) is 0 Å². The fraction of sp³-hybridized carbons (Fsp3) is 0.0833. The van der Waals surface area contributed by atoms with E-state index in [0.717, 1.165) is 37.8 Å². The van der Waals surface area contributed by atoms with Gasteiger partial charge in [0, 0.05) is 4.90 Å². The van der Waals surface area contributed by atoms with E-state index in [0.29, 0.717) is 6.73 Å². The SMILES string of the molecule is C=CC=C1Sc2cc(C)ccc2N1COc1cccc2c1Sc1ccccc1O2. The third kappa shape index (κ3) is 3.41. The number of rotatable bonds is 4. The topological polar surface area (TPSA) is 21.7 Å². The second-order valence-electron chi connectivity index (χ2n) is 6.75. The molecule has 0 N–H and O–H groups in total. The lowest BCUT2D eigenvalue weighted by Gasteiger charge is -2.24. The molecule has 2 heterocycles. The average molecular weight is 418 g/mol. The van der Waals surface area contributed by atoms with E-state index in [2.05, 4.69) is 42.7 Å². The van der Waals surface area contributed by atoms with Gasteiger partial charge in [-0.25, -0.2) is 0 Å². The highest BCUT2D eigenvalue weighted by Gasteiger charge is 2.26. The molecule has 2 aliphatic heterocycles. The predicted molar refractivity (Wildman–Crippen MR) is 120 cm³/mol. The number of thioether (sulfide) groups is 1. The Bertz CT molecular complexity index is 1140. The quantitative estimate of drug-likeness (QED) is 0.348. The lowest BCUT2D eigenvalue weighted by atomic mass is 10.2. The second-order valence-corrected chi connectivity index (χ2v) is 8.86. The number of nitrogens with zero attached hydrogens (tertiary/aromatic N) is 1. The fourth-order valence-electron chi connectivity index (χ4n) is 3.34. The second kappa shape index (κ2) is 7.58. The zero-order valence-electron chi connectivity index (χ0n) is 15.9. The highest BCUT2D eigenvalue weighted by Crippen LogP contribution is 2.51. The molecule has 2 aliphatic rings. The van der Waals surface area contributed by atoms with Crippen LogP contribution in [0.3, 0.4) is 0 Å². The van der Waals surface area contributed by atoms with E-state index in [1.54, 1.807) is 23.5 Å². The molecule has 3 aromatic rings. The molecule has 3 aromatic carbocycles. The van der Waals surface area contributed by atoms with Gasteiger partial charge in [0.15, 0.2) is 6.73 Å². The van der Waals surface area contributed by atoms with Crippen LogP contribution in [0, 0.1) is 6.92 Å². The van der Waals surface area contributed by atoms with Crippen molar-refractivity contribution in [3.05, 3.63) is 90.0 Å². The zero-order valence-corrected chi connectivity index (χ0v) is 17.6. The van der Waals surface area contributed by atoms with Crippen LogP contribution in [0.5, 0.6) is 17.2 Å². The molecule has 0 atom stereocenters. The Labute approximate surface area is 179 Å². The van der Waals surface area contributed by atoms with Gasteiger partial charge in [0.05, 0.1) is 20.5 Å². The maximum atomic E-state index is 6.30. The van der Waals surface area contributed by atoms with E-state index in [4.69, 9.17) is 9.47 Å². The molecule has 0 saturated carbocycles. The maximum absolute atomic E-state index is 6.30. The van der Waals surface area contributed by atoms with E-state index in [9.17, 15) is 0 Å². The van der Waals surface area contributed by atoms with Crippen molar-refractivity contribution in [2.75, 3.05) is 11.6 Å². The summed E-state index contributed by atoms with van der Waals surface area (Å²) < 4.78 is 12.4. The van der Waals surface area contributed by atoms with Gasteiger partial charge in [-0.3, -0.25) is 0 Å². The van der Waals surface area contributed by atoms with Crippen molar-refractivity contribution in [2.45, 2.75) is 21.6 Å². The number of fused-ring (bicyclic) bond motifs is 3. The third-order valence-corrected chi connectivity index (χ3v) is 7.00. The van der Waals surface area contributed by atoms with Crippen molar-refractivity contribution < 1.29 is 9.47 Å². The third-order valence-electron chi connectivity index (χ3n) is 4.72. The first-order chi connectivity index (χ1) is 14.2. The Morgan fingerprint density at radius 2 is 1.86 bits per heavy atom. The fourth-order valence-corrected chi connectivity index (χ4v) is 5.54. The summed E-state index contributed by atoms with van der Waals surface area (Å²) >= 11 is 3.43. The molecule has 0 aliphatic carbocycles. The Hall–Kier alpha value is -2.76. The Morgan fingerprint density at radius 1 is 1.00 bits per heavy atom. The van der Waals surface area contributed by atoms with Crippen molar-refractivity contribution in [3.8, 4) is 17.2 Å². The molecule has 0 fully saturated rings. The number of para-hydroxylation sites is 1. The molecule has 0 aromatic heterocycles. The van der Waals surface area contributed by atoms with Crippen molar-refractivity contribution >= 4 is 29.2 Å². The van der Waals surface area contributed by atoms with Crippen molar-refractivity contribution in [1.29, 1.82) is 0 Å². The summed E-state index contributed by atoms with van der Waals surface area (Å²) in [5, 5.41) is 1.11.